The van der Waals surface area contributed by atoms with E-state index >= 15 is 0 Å². The summed E-state index contributed by atoms with van der Waals surface area (Å²) in [6.45, 7) is 0. The van der Waals surface area contributed by atoms with Gasteiger partial charge in [-0.3, -0.25) is 0 Å². The van der Waals surface area contributed by atoms with Gasteiger partial charge in [0, 0.05) is 23.3 Å². The molecule has 0 amide bonds. The van der Waals surface area contributed by atoms with E-state index in [1.165, 1.54) is 0 Å². The Morgan fingerprint density at radius 3 is 2.94 bits per heavy atom. The number of aromatic nitrogens is 2. The zero-order chi connectivity index (χ0) is 11.7. The van der Waals surface area contributed by atoms with Crippen LogP contribution in [0.1, 0.15) is 5.56 Å². The quantitative estimate of drug-likeness (QED) is 0.683. The maximum atomic E-state index is 8.88. The highest BCUT2D eigenvalue weighted by atomic mass is 14.8. The summed E-state index contributed by atoms with van der Waals surface area (Å²) in [5.74, 6) is 0. The summed E-state index contributed by atoms with van der Waals surface area (Å²) in [6.07, 6.45) is 3.68. The van der Waals surface area contributed by atoms with E-state index in [2.05, 4.69) is 22.1 Å². The first-order valence-electron chi connectivity index (χ1n) is 5.30. The molecule has 17 heavy (non-hydrogen) atoms. The highest BCUT2D eigenvalue weighted by Crippen LogP contribution is 2.22. The summed E-state index contributed by atoms with van der Waals surface area (Å²) < 4.78 is 0. The van der Waals surface area contributed by atoms with Crippen molar-refractivity contribution in [3.63, 3.8) is 0 Å². The van der Waals surface area contributed by atoms with E-state index in [4.69, 9.17) is 5.26 Å². The Bertz CT molecular complexity index is 719. The van der Waals surface area contributed by atoms with Gasteiger partial charge in [0.15, 0.2) is 0 Å². The second-order valence-electron chi connectivity index (χ2n) is 3.83. The second kappa shape index (κ2) is 3.76. The van der Waals surface area contributed by atoms with Crippen LogP contribution in [0.5, 0.6) is 0 Å². The molecule has 80 valence electrons. The van der Waals surface area contributed by atoms with E-state index < -0.39 is 0 Å². The molecule has 0 fully saturated rings. The molecule has 0 atom stereocenters. The van der Waals surface area contributed by atoms with Crippen LogP contribution in [-0.4, -0.2) is 9.97 Å². The fraction of sp³-hybridized carbons (Fsp3) is 0. The van der Waals surface area contributed by atoms with E-state index in [1.54, 1.807) is 6.07 Å². The Morgan fingerprint density at radius 1 is 1.12 bits per heavy atom. The lowest BCUT2D eigenvalue weighted by atomic mass is 10.0. The maximum Gasteiger partial charge on any atom is 0.137 e. The minimum Gasteiger partial charge on any atom is -0.346 e. The SMILES string of the molecule is N#Cc1cccc(-c2cnc3[nH]ccc3c2)c1. The molecule has 0 bridgehead atoms. The minimum atomic E-state index is 0.664. The van der Waals surface area contributed by atoms with Crippen LogP contribution in [0.2, 0.25) is 0 Å². The number of hydrogen-bond acceptors (Lipinski definition) is 2. The molecule has 0 radical (unpaired) electrons. The molecule has 3 aromatic rings. The van der Waals surface area contributed by atoms with E-state index in [-0.39, 0.29) is 0 Å². The molecule has 2 heterocycles. The number of H-pyrrole nitrogens is 1. The maximum absolute atomic E-state index is 8.88. The number of aromatic amines is 1. The van der Waals surface area contributed by atoms with Crippen LogP contribution >= 0.6 is 0 Å². The average molecular weight is 219 g/mol. The molecule has 1 aromatic carbocycles. The predicted molar refractivity (Wildman–Crippen MR) is 66.2 cm³/mol. The van der Waals surface area contributed by atoms with Crippen LogP contribution < -0.4 is 0 Å². The van der Waals surface area contributed by atoms with Gasteiger partial charge in [-0.15, -0.1) is 0 Å². The molecule has 3 nitrogen and oxygen atoms in total. The lowest BCUT2D eigenvalue weighted by Crippen LogP contribution is -1.82. The number of fused-ring (bicyclic) bond motifs is 1. The first-order valence-corrected chi connectivity index (χ1v) is 5.30. The molecular formula is C14H9N3. The molecule has 0 saturated heterocycles. The third kappa shape index (κ3) is 1.66. The van der Waals surface area contributed by atoms with Crippen molar-refractivity contribution in [3.8, 4) is 17.2 Å². The average Bonchev–Trinajstić information content (AvgIpc) is 2.86. The number of rotatable bonds is 1. The van der Waals surface area contributed by atoms with E-state index in [9.17, 15) is 0 Å². The van der Waals surface area contributed by atoms with Gasteiger partial charge in [-0.1, -0.05) is 12.1 Å². The molecule has 0 spiro atoms. The summed E-state index contributed by atoms with van der Waals surface area (Å²) in [7, 11) is 0. The predicted octanol–water partition coefficient (Wildman–Crippen LogP) is 3.10. The summed E-state index contributed by atoms with van der Waals surface area (Å²) in [6, 6.07) is 13.7. The number of nitriles is 1. The zero-order valence-corrected chi connectivity index (χ0v) is 9.01. The molecule has 3 rings (SSSR count). The summed E-state index contributed by atoms with van der Waals surface area (Å²) in [5, 5.41) is 9.95. The van der Waals surface area contributed by atoms with Gasteiger partial charge in [0.1, 0.15) is 5.65 Å². The van der Waals surface area contributed by atoms with E-state index in [0.29, 0.717) is 5.56 Å². The van der Waals surface area contributed by atoms with Gasteiger partial charge in [-0.05, 0) is 29.8 Å². The minimum absolute atomic E-state index is 0.664. The molecule has 0 unspecified atom stereocenters. The van der Waals surface area contributed by atoms with Crippen molar-refractivity contribution < 1.29 is 0 Å². The molecule has 0 aliphatic carbocycles. The van der Waals surface area contributed by atoms with Crippen molar-refractivity contribution in [1.29, 1.82) is 5.26 Å². The van der Waals surface area contributed by atoms with Crippen LogP contribution in [0.3, 0.4) is 0 Å². The van der Waals surface area contributed by atoms with Crippen molar-refractivity contribution in [2.45, 2.75) is 0 Å². The monoisotopic (exact) mass is 219 g/mol. The Hall–Kier alpha value is -2.60. The van der Waals surface area contributed by atoms with Crippen molar-refractivity contribution in [1.82, 2.24) is 9.97 Å². The fourth-order valence-corrected chi connectivity index (χ4v) is 1.87. The number of pyridine rings is 1. The van der Waals surface area contributed by atoms with Gasteiger partial charge in [-0.2, -0.15) is 5.26 Å². The zero-order valence-electron chi connectivity index (χ0n) is 9.01. The third-order valence-electron chi connectivity index (χ3n) is 2.73. The fourth-order valence-electron chi connectivity index (χ4n) is 1.87. The van der Waals surface area contributed by atoms with Gasteiger partial charge in [0.25, 0.3) is 0 Å². The number of benzene rings is 1. The highest BCUT2D eigenvalue weighted by molar-refractivity contribution is 5.81. The standard InChI is InChI=1S/C14H9N3/c15-8-10-2-1-3-11(6-10)13-7-12-4-5-16-14(12)17-9-13/h1-7,9H,(H,16,17). The third-order valence-corrected chi connectivity index (χ3v) is 2.73. The van der Waals surface area contributed by atoms with Crippen molar-refractivity contribution >= 4 is 11.0 Å². The smallest absolute Gasteiger partial charge is 0.137 e. The van der Waals surface area contributed by atoms with Gasteiger partial charge in [0.2, 0.25) is 0 Å². The van der Waals surface area contributed by atoms with Gasteiger partial charge >= 0.3 is 0 Å². The van der Waals surface area contributed by atoms with Crippen molar-refractivity contribution in [3.05, 3.63) is 54.4 Å². The molecule has 1 N–H and O–H groups in total. The van der Waals surface area contributed by atoms with Gasteiger partial charge in [-0.25, -0.2) is 4.98 Å². The summed E-state index contributed by atoms with van der Waals surface area (Å²) in [4.78, 5) is 7.39. The molecular weight excluding hydrogens is 210 g/mol. The molecule has 2 aromatic heterocycles. The lowest BCUT2D eigenvalue weighted by Gasteiger charge is -2.01. The van der Waals surface area contributed by atoms with Crippen LogP contribution in [-0.2, 0) is 0 Å². The summed E-state index contributed by atoms with van der Waals surface area (Å²) >= 11 is 0. The Labute approximate surface area is 98.4 Å². The second-order valence-corrected chi connectivity index (χ2v) is 3.83. The van der Waals surface area contributed by atoms with Crippen LogP contribution in [0, 0.1) is 11.3 Å². The van der Waals surface area contributed by atoms with Crippen molar-refractivity contribution in [2.75, 3.05) is 0 Å². The topological polar surface area (TPSA) is 52.5 Å². The normalized spacial score (nSPS) is 10.3. The van der Waals surface area contributed by atoms with E-state index in [1.807, 2.05) is 36.7 Å². The van der Waals surface area contributed by atoms with E-state index in [0.717, 1.165) is 22.2 Å². The Balaban J connectivity index is 2.16. The van der Waals surface area contributed by atoms with Gasteiger partial charge in [0.05, 0.1) is 11.6 Å². The van der Waals surface area contributed by atoms with Crippen molar-refractivity contribution in [2.24, 2.45) is 0 Å². The molecule has 0 saturated carbocycles. The summed E-state index contributed by atoms with van der Waals surface area (Å²) in [5.41, 5.74) is 3.58. The first-order chi connectivity index (χ1) is 8.36. The number of nitrogens with zero attached hydrogens (tertiary/aromatic N) is 2. The van der Waals surface area contributed by atoms with Crippen LogP contribution in [0.4, 0.5) is 0 Å². The number of nitrogens with one attached hydrogen (secondary N) is 1. The Morgan fingerprint density at radius 2 is 2.06 bits per heavy atom. The number of hydrogen-bond donors (Lipinski definition) is 1. The molecule has 0 aliphatic rings. The van der Waals surface area contributed by atoms with Crippen LogP contribution in [0.25, 0.3) is 22.2 Å². The largest absolute Gasteiger partial charge is 0.346 e. The molecule has 0 aliphatic heterocycles. The lowest BCUT2D eigenvalue weighted by molar-refractivity contribution is 1.32. The highest BCUT2D eigenvalue weighted by Gasteiger charge is 2.02. The Kier molecular flexibility index (Phi) is 2.13. The van der Waals surface area contributed by atoms with Crippen LogP contribution in [0.15, 0.2) is 48.8 Å². The van der Waals surface area contributed by atoms with Gasteiger partial charge < -0.3 is 4.98 Å². The first kappa shape index (κ1) is 9.61. The molecule has 3 heteroatoms.